The van der Waals surface area contributed by atoms with Crippen molar-refractivity contribution in [1.82, 2.24) is 24.9 Å². The molecular formula is C22H23N5O2. The minimum Gasteiger partial charge on any atom is -0.336 e. The van der Waals surface area contributed by atoms with Gasteiger partial charge in [0.15, 0.2) is 0 Å². The molecule has 3 amide bonds. The zero-order valence-corrected chi connectivity index (χ0v) is 16.1. The topological polar surface area (TPSA) is 70.5 Å². The molecule has 0 aliphatic carbocycles. The average Bonchev–Trinajstić information content (AvgIpc) is 3.40. The van der Waals surface area contributed by atoms with Crippen molar-refractivity contribution in [3.05, 3.63) is 84.2 Å². The Hall–Kier alpha value is -3.61. The van der Waals surface area contributed by atoms with Gasteiger partial charge < -0.3 is 15.1 Å². The minimum absolute atomic E-state index is 0.0639. The largest absolute Gasteiger partial charge is 0.336 e. The summed E-state index contributed by atoms with van der Waals surface area (Å²) in [6.45, 7) is 2.64. The molecule has 2 aromatic carbocycles. The Kier molecular flexibility index (Phi) is 5.56. The van der Waals surface area contributed by atoms with Gasteiger partial charge in [0, 0.05) is 37.9 Å². The second-order valence-corrected chi connectivity index (χ2v) is 6.88. The van der Waals surface area contributed by atoms with Crippen molar-refractivity contribution >= 4 is 11.9 Å². The highest BCUT2D eigenvalue weighted by Gasteiger charge is 2.23. The first-order chi connectivity index (χ1) is 14.2. The SMILES string of the molecule is O=C1NCCN1CCN(Cc1ccnn1-c1ccccc1)C(=O)c1ccccc1. The Balaban J connectivity index is 1.56. The molecule has 0 radical (unpaired) electrons. The molecule has 7 nitrogen and oxygen atoms in total. The van der Waals surface area contributed by atoms with Gasteiger partial charge in [-0.05, 0) is 30.3 Å². The summed E-state index contributed by atoms with van der Waals surface area (Å²) in [5.41, 5.74) is 2.48. The van der Waals surface area contributed by atoms with Crippen LogP contribution in [0, 0.1) is 0 Å². The zero-order valence-electron chi connectivity index (χ0n) is 16.1. The fourth-order valence-electron chi connectivity index (χ4n) is 3.43. The van der Waals surface area contributed by atoms with Crippen molar-refractivity contribution < 1.29 is 9.59 Å². The van der Waals surface area contributed by atoms with E-state index in [1.807, 2.05) is 71.4 Å². The average molecular weight is 389 g/mol. The molecule has 7 heteroatoms. The lowest BCUT2D eigenvalue weighted by Crippen LogP contribution is -2.40. The van der Waals surface area contributed by atoms with E-state index in [9.17, 15) is 9.59 Å². The number of aromatic nitrogens is 2. The van der Waals surface area contributed by atoms with E-state index in [2.05, 4.69) is 10.4 Å². The van der Waals surface area contributed by atoms with Gasteiger partial charge in [0.25, 0.3) is 5.91 Å². The van der Waals surface area contributed by atoms with Crippen molar-refractivity contribution in [2.45, 2.75) is 6.54 Å². The van der Waals surface area contributed by atoms with Crippen LogP contribution in [-0.4, -0.2) is 57.7 Å². The van der Waals surface area contributed by atoms with E-state index in [0.29, 0.717) is 38.3 Å². The first-order valence-electron chi connectivity index (χ1n) is 9.68. The number of carbonyl (C=O) groups excluding carboxylic acids is 2. The smallest absolute Gasteiger partial charge is 0.317 e. The highest BCUT2D eigenvalue weighted by Crippen LogP contribution is 2.15. The van der Waals surface area contributed by atoms with Crippen molar-refractivity contribution in [1.29, 1.82) is 0 Å². The Morgan fingerprint density at radius 1 is 1.03 bits per heavy atom. The Labute approximate surface area is 169 Å². The number of para-hydroxylation sites is 1. The Morgan fingerprint density at radius 3 is 2.45 bits per heavy atom. The van der Waals surface area contributed by atoms with Crippen LogP contribution >= 0.6 is 0 Å². The lowest BCUT2D eigenvalue weighted by molar-refractivity contribution is 0.0727. The third kappa shape index (κ3) is 4.29. The molecule has 148 valence electrons. The summed E-state index contributed by atoms with van der Waals surface area (Å²) in [6.07, 6.45) is 1.74. The van der Waals surface area contributed by atoms with Crippen LogP contribution in [0.15, 0.2) is 72.9 Å². The van der Waals surface area contributed by atoms with E-state index in [0.717, 1.165) is 11.4 Å². The second kappa shape index (κ2) is 8.60. The molecule has 0 unspecified atom stereocenters. The van der Waals surface area contributed by atoms with Gasteiger partial charge in [-0.25, -0.2) is 9.48 Å². The summed E-state index contributed by atoms with van der Waals surface area (Å²) >= 11 is 0. The summed E-state index contributed by atoms with van der Waals surface area (Å²) in [5, 5.41) is 7.23. The zero-order chi connectivity index (χ0) is 20.1. The summed E-state index contributed by atoms with van der Waals surface area (Å²) in [4.78, 5) is 28.6. The molecular weight excluding hydrogens is 366 g/mol. The number of amides is 3. The van der Waals surface area contributed by atoms with E-state index in [4.69, 9.17) is 0 Å². The monoisotopic (exact) mass is 389 g/mol. The van der Waals surface area contributed by atoms with Gasteiger partial charge in [-0.1, -0.05) is 36.4 Å². The molecule has 1 saturated heterocycles. The van der Waals surface area contributed by atoms with Gasteiger partial charge in [-0.2, -0.15) is 5.10 Å². The van der Waals surface area contributed by atoms with Crippen LogP contribution in [0.3, 0.4) is 0 Å². The molecule has 0 bridgehead atoms. The van der Waals surface area contributed by atoms with Crippen molar-refractivity contribution in [2.75, 3.05) is 26.2 Å². The third-order valence-electron chi connectivity index (χ3n) is 4.97. The number of hydrogen-bond acceptors (Lipinski definition) is 3. The van der Waals surface area contributed by atoms with Crippen LogP contribution in [0.5, 0.6) is 0 Å². The molecule has 1 aliphatic heterocycles. The summed E-state index contributed by atoms with van der Waals surface area (Å²) < 4.78 is 1.84. The van der Waals surface area contributed by atoms with E-state index < -0.39 is 0 Å². The summed E-state index contributed by atoms with van der Waals surface area (Å²) in [5.74, 6) is -0.0639. The van der Waals surface area contributed by atoms with Crippen LogP contribution in [0.4, 0.5) is 4.79 Å². The van der Waals surface area contributed by atoms with Gasteiger partial charge in [0.2, 0.25) is 0 Å². The van der Waals surface area contributed by atoms with Crippen molar-refractivity contribution in [3.63, 3.8) is 0 Å². The fourth-order valence-corrected chi connectivity index (χ4v) is 3.43. The molecule has 29 heavy (non-hydrogen) atoms. The number of nitrogens with zero attached hydrogens (tertiary/aromatic N) is 4. The molecule has 1 aromatic heterocycles. The Bertz CT molecular complexity index is 971. The highest BCUT2D eigenvalue weighted by molar-refractivity contribution is 5.94. The van der Waals surface area contributed by atoms with Crippen molar-refractivity contribution in [3.8, 4) is 5.69 Å². The predicted octanol–water partition coefficient (Wildman–Crippen LogP) is 2.54. The summed E-state index contributed by atoms with van der Waals surface area (Å²) in [7, 11) is 0. The van der Waals surface area contributed by atoms with Crippen molar-refractivity contribution in [2.24, 2.45) is 0 Å². The molecule has 4 rings (SSSR count). The van der Waals surface area contributed by atoms with Gasteiger partial charge in [0.05, 0.1) is 17.9 Å². The number of urea groups is 1. The molecule has 2 heterocycles. The number of nitrogens with one attached hydrogen (secondary N) is 1. The highest BCUT2D eigenvalue weighted by atomic mass is 16.2. The quantitative estimate of drug-likeness (QED) is 0.675. The predicted molar refractivity (Wildman–Crippen MR) is 110 cm³/mol. The number of hydrogen-bond donors (Lipinski definition) is 1. The number of rotatable bonds is 7. The molecule has 0 spiro atoms. The third-order valence-corrected chi connectivity index (χ3v) is 4.97. The lowest BCUT2D eigenvalue weighted by atomic mass is 10.2. The Morgan fingerprint density at radius 2 is 1.76 bits per heavy atom. The molecule has 3 aromatic rings. The second-order valence-electron chi connectivity index (χ2n) is 6.88. The maximum Gasteiger partial charge on any atom is 0.317 e. The molecule has 0 atom stereocenters. The van der Waals surface area contributed by atoms with E-state index in [1.54, 1.807) is 16.0 Å². The van der Waals surface area contributed by atoms with Crippen LogP contribution < -0.4 is 5.32 Å². The maximum absolute atomic E-state index is 13.2. The standard InChI is InChI=1S/C22H23N5O2/c28-21(18-7-3-1-4-8-18)26(16-15-25-14-13-23-22(25)29)17-20-11-12-24-27(20)19-9-5-2-6-10-19/h1-12H,13-17H2,(H,23,29). The van der Waals surface area contributed by atoms with E-state index in [1.165, 1.54) is 0 Å². The summed E-state index contributed by atoms with van der Waals surface area (Å²) in [6, 6.07) is 20.9. The van der Waals surface area contributed by atoms with Crippen LogP contribution in [0.1, 0.15) is 16.1 Å². The minimum atomic E-state index is -0.0774. The maximum atomic E-state index is 13.2. The van der Waals surface area contributed by atoms with E-state index in [-0.39, 0.29) is 11.9 Å². The normalized spacial score (nSPS) is 13.4. The van der Waals surface area contributed by atoms with Crippen LogP contribution in [-0.2, 0) is 6.54 Å². The van der Waals surface area contributed by atoms with Crippen LogP contribution in [0.2, 0.25) is 0 Å². The fraction of sp³-hybridized carbons (Fsp3) is 0.227. The van der Waals surface area contributed by atoms with Crippen LogP contribution in [0.25, 0.3) is 5.69 Å². The molecule has 1 aliphatic rings. The van der Waals surface area contributed by atoms with Gasteiger partial charge in [-0.15, -0.1) is 0 Å². The first-order valence-corrected chi connectivity index (χ1v) is 9.68. The number of carbonyl (C=O) groups is 2. The number of benzene rings is 2. The molecule has 1 N–H and O–H groups in total. The van der Waals surface area contributed by atoms with Gasteiger partial charge in [0.1, 0.15) is 0 Å². The molecule has 1 fully saturated rings. The lowest BCUT2D eigenvalue weighted by Gasteiger charge is -2.25. The first kappa shape index (κ1) is 18.7. The van der Waals surface area contributed by atoms with E-state index >= 15 is 0 Å². The van der Waals surface area contributed by atoms with Gasteiger partial charge >= 0.3 is 6.03 Å². The molecule has 0 saturated carbocycles. The van der Waals surface area contributed by atoms with Gasteiger partial charge in [-0.3, -0.25) is 4.79 Å².